The highest BCUT2D eigenvalue weighted by Crippen LogP contribution is 2.25. The molecule has 0 aromatic heterocycles. The highest BCUT2D eigenvalue weighted by atomic mass is 16.3. The number of nitrogens with zero attached hydrogens (tertiary/aromatic N) is 2. The Bertz CT molecular complexity index is 746. The first-order valence-electron chi connectivity index (χ1n) is 5.75. The fourth-order valence-electron chi connectivity index (χ4n) is 1.91. The molecule has 0 bridgehead atoms. The van der Waals surface area contributed by atoms with E-state index in [1.165, 1.54) is 0 Å². The van der Waals surface area contributed by atoms with E-state index in [1.54, 1.807) is 7.05 Å². The zero-order chi connectivity index (χ0) is 12.5. The van der Waals surface area contributed by atoms with Gasteiger partial charge in [0.1, 0.15) is 11.2 Å². The van der Waals surface area contributed by atoms with Crippen molar-refractivity contribution in [3.05, 3.63) is 41.8 Å². The van der Waals surface area contributed by atoms with E-state index in [0.29, 0.717) is 0 Å². The molecule has 3 rings (SSSR count). The largest absolute Gasteiger partial charge is 0.453 e. The summed E-state index contributed by atoms with van der Waals surface area (Å²) in [4.78, 5) is 8.70. The Hall–Kier alpha value is -2.36. The number of nitrogens with one attached hydrogen (secondary N) is 1. The van der Waals surface area contributed by atoms with Gasteiger partial charge in [0.15, 0.2) is 11.3 Å². The molecule has 18 heavy (non-hydrogen) atoms. The molecule has 0 amide bonds. The fourth-order valence-corrected chi connectivity index (χ4v) is 1.91. The lowest BCUT2D eigenvalue weighted by molar-refractivity contribution is 0.612. The molecule has 0 atom stereocenters. The van der Waals surface area contributed by atoms with Crippen LogP contribution in [0.15, 0.2) is 45.8 Å². The van der Waals surface area contributed by atoms with Crippen LogP contribution in [0.5, 0.6) is 0 Å². The summed E-state index contributed by atoms with van der Waals surface area (Å²) < 4.78 is 5.87. The fraction of sp³-hybridized carbons (Fsp3) is 0.143. The average molecular weight is 239 g/mol. The summed E-state index contributed by atoms with van der Waals surface area (Å²) in [5, 5.41) is 3.97. The molecule has 90 valence electrons. The van der Waals surface area contributed by atoms with Gasteiger partial charge < -0.3 is 9.73 Å². The normalized spacial score (nSPS) is 12.2. The Morgan fingerprint density at radius 1 is 1.17 bits per heavy atom. The van der Waals surface area contributed by atoms with Crippen molar-refractivity contribution in [3.63, 3.8) is 0 Å². The maximum absolute atomic E-state index is 5.87. The monoisotopic (exact) mass is 239 g/mol. The molecule has 0 spiro atoms. The molecule has 1 aliphatic carbocycles. The SMILES string of the molecule is CN=c1ccc2nc3ccc(NC)cc3oc-2c1. The molecule has 1 aromatic carbocycles. The first-order valence-corrected chi connectivity index (χ1v) is 5.75. The lowest BCUT2D eigenvalue weighted by Crippen LogP contribution is -2.01. The lowest BCUT2D eigenvalue weighted by Gasteiger charge is -2.07. The maximum atomic E-state index is 5.87. The molecule has 4 heteroatoms. The van der Waals surface area contributed by atoms with E-state index in [4.69, 9.17) is 4.42 Å². The van der Waals surface area contributed by atoms with Crippen LogP contribution in [0.2, 0.25) is 0 Å². The van der Waals surface area contributed by atoms with Crippen molar-refractivity contribution in [1.29, 1.82) is 0 Å². The van der Waals surface area contributed by atoms with Crippen LogP contribution in [0, 0.1) is 0 Å². The molecule has 1 N–H and O–H groups in total. The minimum atomic E-state index is 0.749. The lowest BCUT2D eigenvalue weighted by atomic mass is 10.2. The third-order valence-corrected chi connectivity index (χ3v) is 2.91. The van der Waals surface area contributed by atoms with Gasteiger partial charge in [0.2, 0.25) is 0 Å². The minimum absolute atomic E-state index is 0.749. The molecule has 0 fully saturated rings. The van der Waals surface area contributed by atoms with Crippen LogP contribution in [0.3, 0.4) is 0 Å². The van der Waals surface area contributed by atoms with Crippen molar-refractivity contribution in [3.8, 4) is 11.5 Å². The van der Waals surface area contributed by atoms with Crippen molar-refractivity contribution in [1.82, 2.24) is 4.98 Å². The van der Waals surface area contributed by atoms with E-state index in [-0.39, 0.29) is 0 Å². The molecule has 1 heterocycles. The minimum Gasteiger partial charge on any atom is -0.453 e. The third-order valence-electron chi connectivity index (χ3n) is 2.91. The third kappa shape index (κ3) is 1.72. The molecular weight excluding hydrogens is 226 g/mol. The summed E-state index contributed by atoms with van der Waals surface area (Å²) in [6.07, 6.45) is 0. The van der Waals surface area contributed by atoms with Crippen LogP contribution >= 0.6 is 0 Å². The highest BCUT2D eigenvalue weighted by molar-refractivity contribution is 5.79. The van der Waals surface area contributed by atoms with Crippen molar-refractivity contribution < 1.29 is 4.42 Å². The number of aromatic nitrogens is 1. The summed E-state index contributed by atoms with van der Waals surface area (Å²) in [6.45, 7) is 0. The van der Waals surface area contributed by atoms with Crippen LogP contribution in [-0.2, 0) is 0 Å². The Morgan fingerprint density at radius 3 is 2.83 bits per heavy atom. The van der Waals surface area contributed by atoms with Gasteiger partial charge in [-0.05, 0) is 24.3 Å². The first kappa shape index (κ1) is 10.8. The van der Waals surface area contributed by atoms with Crippen LogP contribution in [0.25, 0.3) is 22.6 Å². The summed E-state index contributed by atoms with van der Waals surface area (Å²) in [6, 6.07) is 11.6. The van der Waals surface area contributed by atoms with Crippen molar-refractivity contribution in [2.75, 3.05) is 19.4 Å². The van der Waals surface area contributed by atoms with Crippen LogP contribution < -0.4 is 10.7 Å². The zero-order valence-electron chi connectivity index (χ0n) is 10.3. The first-order chi connectivity index (χ1) is 8.80. The van der Waals surface area contributed by atoms with Gasteiger partial charge in [-0.2, -0.15) is 0 Å². The van der Waals surface area contributed by atoms with E-state index in [9.17, 15) is 0 Å². The molecule has 2 aliphatic rings. The summed E-state index contributed by atoms with van der Waals surface area (Å²) in [5.74, 6) is 0.749. The number of hydrogen-bond donors (Lipinski definition) is 1. The van der Waals surface area contributed by atoms with Gasteiger partial charge in [-0.25, -0.2) is 4.98 Å². The Kier molecular flexibility index (Phi) is 2.48. The zero-order valence-corrected chi connectivity index (χ0v) is 10.3. The smallest absolute Gasteiger partial charge is 0.155 e. The number of fused-ring (bicyclic) bond motifs is 2. The standard InChI is InChI=1S/C14H13N3O/c1-15-9-3-5-11-13(7-9)18-14-8-10(16-2)4-6-12(14)17-11/h3-8,15H,1-2H3. The molecule has 0 saturated carbocycles. The highest BCUT2D eigenvalue weighted by Gasteiger charge is 2.08. The van der Waals surface area contributed by atoms with Gasteiger partial charge in [0.05, 0.1) is 5.36 Å². The number of hydrogen-bond acceptors (Lipinski definition) is 4. The van der Waals surface area contributed by atoms with Gasteiger partial charge >= 0.3 is 0 Å². The van der Waals surface area contributed by atoms with Gasteiger partial charge in [-0.15, -0.1) is 0 Å². The summed E-state index contributed by atoms with van der Waals surface area (Å²) >= 11 is 0. The quantitative estimate of drug-likeness (QED) is 0.664. The van der Waals surface area contributed by atoms with E-state index in [1.807, 2.05) is 43.4 Å². The number of anilines is 1. The van der Waals surface area contributed by atoms with Crippen molar-refractivity contribution in [2.45, 2.75) is 0 Å². The van der Waals surface area contributed by atoms with Crippen LogP contribution in [0.1, 0.15) is 0 Å². The maximum Gasteiger partial charge on any atom is 0.155 e. The van der Waals surface area contributed by atoms with Gasteiger partial charge in [-0.3, -0.25) is 4.99 Å². The van der Waals surface area contributed by atoms with Gasteiger partial charge in [0, 0.05) is 31.9 Å². The predicted molar refractivity (Wildman–Crippen MR) is 71.7 cm³/mol. The second-order valence-corrected chi connectivity index (χ2v) is 4.02. The summed E-state index contributed by atoms with van der Waals surface area (Å²) in [7, 11) is 3.64. The topological polar surface area (TPSA) is 50.4 Å². The van der Waals surface area contributed by atoms with E-state index < -0.39 is 0 Å². The molecule has 4 nitrogen and oxygen atoms in total. The summed E-state index contributed by atoms with van der Waals surface area (Å²) in [5.41, 5.74) is 3.46. The van der Waals surface area contributed by atoms with Crippen LogP contribution in [0.4, 0.5) is 5.69 Å². The van der Waals surface area contributed by atoms with Gasteiger partial charge in [0.25, 0.3) is 0 Å². The molecule has 0 radical (unpaired) electrons. The Balaban J connectivity index is 2.34. The molecule has 1 aromatic rings. The Labute approximate surface area is 104 Å². The number of rotatable bonds is 1. The molecular formula is C14H13N3O. The van der Waals surface area contributed by atoms with Crippen molar-refractivity contribution >= 4 is 16.8 Å². The number of benzene rings is 2. The predicted octanol–water partition coefficient (Wildman–Crippen LogP) is 2.50. The van der Waals surface area contributed by atoms with Crippen molar-refractivity contribution in [2.24, 2.45) is 4.99 Å². The second kappa shape index (κ2) is 4.14. The van der Waals surface area contributed by atoms with Crippen LogP contribution in [-0.4, -0.2) is 19.1 Å². The van der Waals surface area contributed by atoms with E-state index in [0.717, 1.165) is 33.6 Å². The van der Waals surface area contributed by atoms with E-state index >= 15 is 0 Å². The van der Waals surface area contributed by atoms with Gasteiger partial charge in [-0.1, -0.05) is 0 Å². The molecule has 0 unspecified atom stereocenters. The molecule has 0 saturated heterocycles. The average Bonchev–Trinajstić information content (AvgIpc) is 2.43. The second-order valence-electron chi connectivity index (χ2n) is 4.02. The molecule has 1 aliphatic heterocycles. The Morgan fingerprint density at radius 2 is 2.06 bits per heavy atom. The van der Waals surface area contributed by atoms with E-state index in [2.05, 4.69) is 15.3 Å².